The zero-order valence-electron chi connectivity index (χ0n) is 15.3. The summed E-state index contributed by atoms with van der Waals surface area (Å²) in [6, 6.07) is 4.38. The van der Waals surface area contributed by atoms with Crippen molar-refractivity contribution in [3.05, 3.63) is 24.0 Å². The molecule has 1 saturated heterocycles. The molecule has 0 saturated carbocycles. The molecule has 26 heavy (non-hydrogen) atoms. The predicted octanol–water partition coefficient (Wildman–Crippen LogP) is 2.41. The molecule has 1 aromatic carbocycles. The van der Waals surface area contributed by atoms with E-state index in [9.17, 15) is 18.8 Å². The van der Waals surface area contributed by atoms with Gasteiger partial charge in [-0.1, -0.05) is 0 Å². The van der Waals surface area contributed by atoms with Gasteiger partial charge in [0, 0.05) is 31.9 Å². The van der Waals surface area contributed by atoms with Gasteiger partial charge in [0.1, 0.15) is 17.7 Å². The Balaban J connectivity index is 1.95. The minimum Gasteiger partial charge on any atom is -0.444 e. The highest BCUT2D eigenvalue weighted by atomic mass is 19.1. The van der Waals surface area contributed by atoms with E-state index in [1.54, 1.807) is 17.0 Å². The highest BCUT2D eigenvalue weighted by Crippen LogP contribution is 2.24. The number of amides is 2. The molecule has 0 unspecified atom stereocenters. The van der Waals surface area contributed by atoms with Crippen molar-refractivity contribution in [2.45, 2.75) is 32.8 Å². The molecule has 1 aromatic rings. The van der Waals surface area contributed by atoms with Gasteiger partial charge >= 0.3 is 6.09 Å². The molecule has 8 heteroatoms. The van der Waals surface area contributed by atoms with Gasteiger partial charge in [0.05, 0.1) is 12.1 Å². The Kier molecular flexibility index (Phi) is 6.18. The number of aldehydes is 1. The predicted molar refractivity (Wildman–Crippen MR) is 95.7 cm³/mol. The molecule has 0 aromatic heterocycles. The molecule has 2 amide bonds. The van der Waals surface area contributed by atoms with E-state index in [1.807, 2.05) is 25.7 Å². The van der Waals surface area contributed by atoms with Crippen molar-refractivity contribution in [1.82, 2.24) is 4.90 Å². The van der Waals surface area contributed by atoms with E-state index in [1.165, 1.54) is 6.07 Å². The van der Waals surface area contributed by atoms with E-state index in [4.69, 9.17) is 4.74 Å². The number of rotatable bonds is 4. The summed E-state index contributed by atoms with van der Waals surface area (Å²) in [6.07, 6.45) is -0.147. The standard InChI is InChI=1S/C18H24FN3O4/c1-18(2,3)26-17(25)22-9-7-21(8-10-22)15-5-4-13(12-14(15)19)20-16(24)6-11-23/h4-5,11-12H,6-10H2,1-3H3,(H,20,24). The number of nitrogens with zero attached hydrogens (tertiary/aromatic N) is 2. The van der Waals surface area contributed by atoms with Crippen molar-refractivity contribution in [3.63, 3.8) is 0 Å². The van der Waals surface area contributed by atoms with E-state index < -0.39 is 17.3 Å². The Morgan fingerprint density at radius 3 is 2.42 bits per heavy atom. The van der Waals surface area contributed by atoms with Crippen LogP contribution in [0.2, 0.25) is 0 Å². The molecule has 1 heterocycles. The second-order valence-electron chi connectivity index (χ2n) is 7.04. The Labute approximate surface area is 152 Å². The summed E-state index contributed by atoms with van der Waals surface area (Å²) >= 11 is 0. The molecular weight excluding hydrogens is 341 g/mol. The average Bonchev–Trinajstić information content (AvgIpc) is 2.54. The number of halogens is 1. The Morgan fingerprint density at radius 1 is 1.23 bits per heavy atom. The monoisotopic (exact) mass is 365 g/mol. The van der Waals surface area contributed by atoms with Crippen molar-refractivity contribution in [2.24, 2.45) is 0 Å². The maximum absolute atomic E-state index is 14.4. The van der Waals surface area contributed by atoms with Crippen LogP contribution in [0.25, 0.3) is 0 Å². The molecule has 0 radical (unpaired) electrons. The maximum Gasteiger partial charge on any atom is 0.410 e. The molecule has 1 fully saturated rings. The number of benzene rings is 1. The minimum atomic E-state index is -0.551. The number of anilines is 2. The molecule has 7 nitrogen and oxygen atoms in total. The molecule has 0 spiro atoms. The summed E-state index contributed by atoms with van der Waals surface area (Å²) in [7, 11) is 0. The average molecular weight is 365 g/mol. The largest absolute Gasteiger partial charge is 0.444 e. The molecule has 0 aliphatic carbocycles. The topological polar surface area (TPSA) is 79.0 Å². The number of carbonyl (C=O) groups is 3. The third-order valence-corrected chi connectivity index (χ3v) is 3.77. The van der Waals surface area contributed by atoms with Gasteiger partial charge in [-0.2, -0.15) is 0 Å². The van der Waals surface area contributed by atoms with Crippen molar-refractivity contribution in [3.8, 4) is 0 Å². The lowest BCUT2D eigenvalue weighted by atomic mass is 10.2. The van der Waals surface area contributed by atoms with Crippen LogP contribution in [0.3, 0.4) is 0 Å². The molecule has 1 aliphatic rings. The van der Waals surface area contributed by atoms with Crippen LogP contribution in [0, 0.1) is 5.82 Å². The number of ether oxygens (including phenoxy) is 1. The van der Waals surface area contributed by atoms with Gasteiger partial charge in [-0.25, -0.2) is 9.18 Å². The Morgan fingerprint density at radius 2 is 1.88 bits per heavy atom. The molecule has 2 rings (SSSR count). The van der Waals surface area contributed by atoms with E-state index in [2.05, 4.69) is 5.32 Å². The van der Waals surface area contributed by atoms with Crippen LogP contribution in [0.15, 0.2) is 18.2 Å². The SMILES string of the molecule is CC(C)(C)OC(=O)N1CCN(c2ccc(NC(=O)CC=O)cc2F)CC1. The van der Waals surface area contributed by atoms with E-state index in [0.717, 1.165) is 0 Å². The quantitative estimate of drug-likeness (QED) is 0.655. The summed E-state index contributed by atoms with van der Waals surface area (Å²) in [5.41, 5.74) is 0.150. The fourth-order valence-corrected chi connectivity index (χ4v) is 2.59. The van der Waals surface area contributed by atoms with Gasteiger partial charge in [0.15, 0.2) is 0 Å². The van der Waals surface area contributed by atoms with E-state index in [0.29, 0.717) is 43.8 Å². The van der Waals surface area contributed by atoms with Gasteiger partial charge in [-0.15, -0.1) is 0 Å². The summed E-state index contributed by atoms with van der Waals surface area (Å²) < 4.78 is 19.7. The zero-order chi connectivity index (χ0) is 19.3. The summed E-state index contributed by atoms with van der Waals surface area (Å²) in [5.74, 6) is -0.960. The maximum atomic E-state index is 14.4. The van der Waals surface area contributed by atoms with Gasteiger partial charge in [0.25, 0.3) is 0 Å². The third kappa shape index (κ3) is 5.44. The van der Waals surface area contributed by atoms with Crippen molar-refractivity contribution in [2.75, 3.05) is 36.4 Å². The van der Waals surface area contributed by atoms with Crippen LogP contribution in [0.5, 0.6) is 0 Å². The van der Waals surface area contributed by atoms with Crippen molar-refractivity contribution in [1.29, 1.82) is 0 Å². The lowest BCUT2D eigenvalue weighted by Crippen LogP contribution is -2.50. The molecule has 1 N–H and O–H groups in total. The fraction of sp³-hybridized carbons (Fsp3) is 0.500. The van der Waals surface area contributed by atoms with Gasteiger partial charge in [-0.3, -0.25) is 4.79 Å². The Bertz CT molecular complexity index is 680. The first-order valence-electron chi connectivity index (χ1n) is 8.45. The van der Waals surface area contributed by atoms with E-state index >= 15 is 0 Å². The molecule has 0 bridgehead atoms. The summed E-state index contributed by atoms with van der Waals surface area (Å²) in [5, 5.41) is 2.46. The first-order valence-corrected chi connectivity index (χ1v) is 8.45. The van der Waals surface area contributed by atoms with Crippen molar-refractivity contribution >= 4 is 29.7 Å². The van der Waals surface area contributed by atoms with Crippen LogP contribution < -0.4 is 10.2 Å². The number of piperazine rings is 1. The lowest BCUT2D eigenvalue weighted by Gasteiger charge is -2.36. The third-order valence-electron chi connectivity index (χ3n) is 3.77. The smallest absolute Gasteiger partial charge is 0.410 e. The van der Waals surface area contributed by atoms with Crippen LogP contribution >= 0.6 is 0 Å². The number of carbonyl (C=O) groups excluding carboxylic acids is 3. The van der Waals surface area contributed by atoms with Gasteiger partial charge < -0.3 is 24.6 Å². The van der Waals surface area contributed by atoms with Crippen molar-refractivity contribution < 1.29 is 23.5 Å². The first-order chi connectivity index (χ1) is 12.2. The second-order valence-corrected chi connectivity index (χ2v) is 7.04. The van der Waals surface area contributed by atoms with Gasteiger partial charge in [0.2, 0.25) is 5.91 Å². The normalized spacial score (nSPS) is 14.8. The number of nitrogens with one attached hydrogen (secondary N) is 1. The Hall–Kier alpha value is -2.64. The molecular formula is C18H24FN3O4. The lowest BCUT2D eigenvalue weighted by molar-refractivity contribution is -0.120. The van der Waals surface area contributed by atoms with Gasteiger partial charge in [-0.05, 0) is 39.0 Å². The fourth-order valence-electron chi connectivity index (χ4n) is 2.59. The van der Waals surface area contributed by atoms with E-state index in [-0.39, 0.29) is 12.5 Å². The van der Waals surface area contributed by atoms with Crippen LogP contribution in [0.4, 0.5) is 20.6 Å². The highest BCUT2D eigenvalue weighted by Gasteiger charge is 2.26. The highest BCUT2D eigenvalue weighted by molar-refractivity contribution is 5.98. The molecule has 1 aliphatic heterocycles. The molecule has 0 atom stereocenters. The summed E-state index contributed by atoms with van der Waals surface area (Å²) in [6.45, 7) is 7.27. The zero-order valence-corrected chi connectivity index (χ0v) is 15.3. The first kappa shape index (κ1) is 19.7. The second kappa shape index (κ2) is 8.16. The van der Waals surface area contributed by atoms with Crippen LogP contribution in [-0.2, 0) is 14.3 Å². The molecule has 142 valence electrons. The van der Waals surface area contributed by atoms with Crippen LogP contribution in [-0.4, -0.2) is 55.0 Å². The van der Waals surface area contributed by atoms with Crippen LogP contribution in [0.1, 0.15) is 27.2 Å². The number of hydrogen-bond acceptors (Lipinski definition) is 5. The summed E-state index contributed by atoms with van der Waals surface area (Å²) in [4.78, 5) is 37.2. The number of hydrogen-bond donors (Lipinski definition) is 1. The minimum absolute atomic E-state index is 0.268.